The lowest BCUT2D eigenvalue weighted by atomic mass is 10.0. The van der Waals surface area contributed by atoms with E-state index in [1.807, 2.05) is 43.3 Å². The summed E-state index contributed by atoms with van der Waals surface area (Å²) in [4.78, 5) is 40.3. The molecule has 3 aromatic carbocycles. The Balaban J connectivity index is 1.47. The van der Waals surface area contributed by atoms with Gasteiger partial charge in [0, 0.05) is 0 Å². The minimum atomic E-state index is -0.688. The molecule has 4 aromatic rings. The molecule has 1 aromatic heterocycles. The van der Waals surface area contributed by atoms with Gasteiger partial charge in [0.25, 0.3) is 11.8 Å². The van der Waals surface area contributed by atoms with Crippen molar-refractivity contribution >= 4 is 51.9 Å². The molecule has 0 bridgehead atoms. The minimum Gasteiger partial charge on any atom is -0.463 e. The lowest BCUT2D eigenvalue weighted by Gasteiger charge is -2.29. The number of anilines is 1. The highest BCUT2D eigenvalue weighted by Crippen LogP contribution is 2.27. The van der Waals surface area contributed by atoms with Gasteiger partial charge < -0.3 is 9.15 Å². The number of thiocarbonyl (C=S) groups is 1. The second-order valence-corrected chi connectivity index (χ2v) is 8.46. The number of carbonyl (C=O) groups is 2. The van der Waals surface area contributed by atoms with Crippen molar-refractivity contribution in [2.45, 2.75) is 13.3 Å². The summed E-state index contributed by atoms with van der Waals surface area (Å²) < 4.78 is 11.4. The van der Waals surface area contributed by atoms with Crippen LogP contribution in [-0.2, 0) is 16.0 Å². The van der Waals surface area contributed by atoms with E-state index in [1.54, 1.807) is 36.4 Å². The molecule has 5 rings (SSSR count). The van der Waals surface area contributed by atoms with Gasteiger partial charge >= 0.3 is 0 Å². The molecule has 1 N–H and O–H groups in total. The van der Waals surface area contributed by atoms with Gasteiger partial charge in [0.05, 0.1) is 16.6 Å². The zero-order valence-electron chi connectivity index (χ0n) is 19.2. The van der Waals surface area contributed by atoms with Crippen LogP contribution in [0.4, 0.5) is 5.69 Å². The average molecular weight is 497 g/mol. The minimum absolute atomic E-state index is 0.0583. The van der Waals surface area contributed by atoms with E-state index in [2.05, 4.69) is 5.32 Å². The summed E-state index contributed by atoms with van der Waals surface area (Å²) in [6.07, 6.45) is 3.24. The number of aryl methyl sites for hydroxylation is 1. The SMILES string of the molecule is CCc1ccc2occ(C=C3C(=O)NC(=S)N(c4ccc(Oc5ccccc5)cc4)C3=O)c(=O)c2c1. The predicted molar refractivity (Wildman–Crippen MR) is 141 cm³/mol. The molecule has 1 saturated heterocycles. The molecule has 1 fully saturated rings. The number of amides is 2. The Labute approximate surface area is 211 Å². The normalized spacial score (nSPS) is 14.9. The van der Waals surface area contributed by atoms with E-state index in [-0.39, 0.29) is 21.7 Å². The van der Waals surface area contributed by atoms with Crippen molar-refractivity contribution in [3.05, 3.63) is 106 Å². The van der Waals surface area contributed by atoms with Crippen LogP contribution in [0.2, 0.25) is 0 Å². The number of fused-ring (bicyclic) bond motifs is 1. The topological polar surface area (TPSA) is 88.8 Å². The van der Waals surface area contributed by atoms with Crippen LogP contribution >= 0.6 is 12.2 Å². The second kappa shape index (κ2) is 9.59. The fraction of sp³-hybridized carbons (Fsp3) is 0.0714. The molecule has 2 heterocycles. The number of hydrogen-bond donors (Lipinski definition) is 1. The number of carbonyl (C=O) groups excluding carboxylic acids is 2. The Morgan fingerprint density at radius 3 is 2.42 bits per heavy atom. The number of benzene rings is 3. The largest absolute Gasteiger partial charge is 0.463 e. The van der Waals surface area contributed by atoms with E-state index in [1.165, 1.54) is 17.2 Å². The second-order valence-electron chi connectivity index (χ2n) is 8.07. The van der Waals surface area contributed by atoms with Crippen LogP contribution in [0.5, 0.6) is 11.5 Å². The third kappa shape index (κ3) is 4.42. The fourth-order valence-corrected chi connectivity index (χ4v) is 4.13. The molecule has 0 unspecified atom stereocenters. The molecule has 8 heteroatoms. The number of nitrogens with zero attached hydrogens (tertiary/aromatic N) is 1. The zero-order chi connectivity index (χ0) is 25.2. The third-order valence-electron chi connectivity index (χ3n) is 5.75. The van der Waals surface area contributed by atoms with E-state index < -0.39 is 11.8 Å². The van der Waals surface area contributed by atoms with Crippen molar-refractivity contribution in [1.29, 1.82) is 0 Å². The standard InChI is InChI=1S/C28H20N2O5S/c1-2-17-8-13-24-22(14-17)25(31)18(16-34-24)15-23-26(32)29-28(36)30(27(23)33)19-9-11-21(12-10-19)35-20-6-4-3-5-7-20/h3-16H,2H2,1H3,(H,29,32,36). The maximum absolute atomic E-state index is 13.3. The Hall–Kier alpha value is -4.56. The van der Waals surface area contributed by atoms with Gasteiger partial charge in [-0.3, -0.25) is 24.6 Å². The summed E-state index contributed by atoms with van der Waals surface area (Å²) in [6, 6.07) is 21.4. The monoisotopic (exact) mass is 496 g/mol. The molecule has 0 radical (unpaired) electrons. The van der Waals surface area contributed by atoms with Crippen LogP contribution in [-0.4, -0.2) is 16.9 Å². The van der Waals surface area contributed by atoms with Gasteiger partial charge in [-0.05, 0) is 78.8 Å². The molecule has 7 nitrogen and oxygen atoms in total. The van der Waals surface area contributed by atoms with Crippen molar-refractivity contribution in [1.82, 2.24) is 5.32 Å². The molecule has 0 aliphatic carbocycles. The molecule has 36 heavy (non-hydrogen) atoms. The van der Waals surface area contributed by atoms with Crippen LogP contribution in [0.15, 0.2) is 93.8 Å². The lowest BCUT2D eigenvalue weighted by molar-refractivity contribution is -0.122. The van der Waals surface area contributed by atoms with Gasteiger partial charge in [0.2, 0.25) is 0 Å². The third-order valence-corrected chi connectivity index (χ3v) is 6.03. The molecule has 0 spiro atoms. The summed E-state index contributed by atoms with van der Waals surface area (Å²) in [5.41, 5.74) is 1.37. The average Bonchev–Trinajstić information content (AvgIpc) is 2.89. The van der Waals surface area contributed by atoms with E-state index in [0.29, 0.717) is 28.2 Å². The zero-order valence-corrected chi connectivity index (χ0v) is 20.0. The quantitative estimate of drug-likeness (QED) is 0.238. The van der Waals surface area contributed by atoms with Crippen LogP contribution in [0.25, 0.3) is 17.0 Å². The van der Waals surface area contributed by atoms with E-state index >= 15 is 0 Å². The molecular weight excluding hydrogens is 476 g/mol. The molecule has 1 aliphatic heterocycles. The van der Waals surface area contributed by atoms with Gasteiger partial charge in [-0.2, -0.15) is 0 Å². The predicted octanol–water partition coefficient (Wildman–Crippen LogP) is 4.98. The lowest BCUT2D eigenvalue weighted by Crippen LogP contribution is -2.54. The number of para-hydroxylation sites is 1. The first-order valence-electron chi connectivity index (χ1n) is 11.2. The van der Waals surface area contributed by atoms with Crippen molar-refractivity contribution < 1.29 is 18.7 Å². The Morgan fingerprint density at radius 1 is 0.972 bits per heavy atom. The van der Waals surface area contributed by atoms with Gasteiger partial charge in [-0.1, -0.05) is 31.2 Å². The van der Waals surface area contributed by atoms with E-state index in [0.717, 1.165) is 12.0 Å². The van der Waals surface area contributed by atoms with Crippen LogP contribution in [0.3, 0.4) is 0 Å². The van der Waals surface area contributed by atoms with Crippen molar-refractivity contribution in [2.24, 2.45) is 0 Å². The highest BCUT2D eigenvalue weighted by atomic mass is 32.1. The van der Waals surface area contributed by atoms with Crippen molar-refractivity contribution in [2.75, 3.05) is 4.90 Å². The maximum atomic E-state index is 13.3. The van der Waals surface area contributed by atoms with Gasteiger partial charge in [0.15, 0.2) is 10.5 Å². The molecule has 178 valence electrons. The summed E-state index contributed by atoms with van der Waals surface area (Å²) in [7, 11) is 0. The molecule has 2 amide bonds. The fourth-order valence-electron chi connectivity index (χ4n) is 3.85. The van der Waals surface area contributed by atoms with Crippen LogP contribution < -0.4 is 20.4 Å². The number of ether oxygens (including phenoxy) is 1. The van der Waals surface area contributed by atoms with Crippen molar-refractivity contribution in [3.63, 3.8) is 0 Å². The molecule has 0 saturated carbocycles. The van der Waals surface area contributed by atoms with E-state index in [9.17, 15) is 14.4 Å². The number of rotatable bonds is 5. The maximum Gasteiger partial charge on any atom is 0.270 e. The smallest absolute Gasteiger partial charge is 0.270 e. The summed E-state index contributed by atoms with van der Waals surface area (Å²) in [5, 5.41) is 2.85. The van der Waals surface area contributed by atoms with E-state index in [4.69, 9.17) is 21.4 Å². The van der Waals surface area contributed by atoms with Crippen LogP contribution in [0.1, 0.15) is 18.1 Å². The van der Waals surface area contributed by atoms with Crippen LogP contribution in [0, 0.1) is 0 Å². The number of nitrogens with one attached hydrogen (secondary N) is 1. The summed E-state index contributed by atoms with van der Waals surface area (Å²) in [6.45, 7) is 1.98. The Bertz CT molecular complexity index is 1590. The molecule has 0 atom stereocenters. The first kappa shape index (κ1) is 23.2. The highest BCUT2D eigenvalue weighted by molar-refractivity contribution is 7.80. The summed E-state index contributed by atoms with van der Waals surface area (Å²) >= 11 is 5.27. The van der Waals surface area contributed by atoms with Crippen molar-refractivity contribution in [3.8, 4) is 11.5 Å². The molecule has 1 aliphatic rings. The Kier molecular flexibility index (Phi) is 6.18. The van der Waals surface area contributed by atoms with Gasteiger partial charge in [-0.25, -0.2) is 0 Å². The summed E-state index contributed by atoms with van der Waals surface area (Å²) in [5.74, 6) is -0.0951. The molecular formula is C28H20N2O5S. The first-order valence-corrected chi connectivity index (χ1v) is 11.6. The highest BCUT2D eigenvalue weighted by Gasteiger charge is 2.34. The first-order chi connectivity index (χ1) is 17.4. The van der Waals surface area contributed by atoms with Gasteiger partial charge in [0.1, 0.15) is 28.9 Å². The van der Waals surface area contributed by atoms with Gasteiger partial charge in [-0.15, -0.1) is 0 Å². The Morgan fingerprint density at radius 2 is 1.69 bits per heavy atom. The number of hydrogen-bond acceptors (Lipinski definition) is 6.